The van der Waals surface area contributed by atoms with Gasteiger partial charge < -0.3 is 10.5 Å². The van der Waals surface area contributed by atoms with Gasteiger partial charge in [0.1, 0.15) is 5.75 Å². The largest absolute Gasteiger partial charge is 0.484 e. The molecule has 7 heteroatoms. The number of hydrogen-bond acceptors (Lipinski definition) is 4. The molecule has 0 aliphatic rings. The lowest BCUT2D eigenvalue weighted by Gasteiger charge is -2.08. The van der Waals surface area contributed by atoms with Gasteiger partial charge >= 0.3 is 0 Å². The number of primary amides is 1. The van der Waals surface area contributed by atoms with Crippen LogP contribution in [0.5, 0.6) is 5.75 Å². The number of amides is 1. The smallest absolute Gasteiger partial charge is 0.255 e. The fraction of sp³-hybridized carbons (Fsp3) is 0.133. The number of rotatable bonds is 7. The summed E-state index contributed by atoms with van der Waals surface area (Å²) >= 11 is 0. The highest BCUT2D eigenvalue weighted by molar-refractivity contribution is 7.89. The highest BCUT2D eigenvalue weighted by Gasteiger charge is 2.13. The maximum atomic E-state index is 12.2. The van der Waals surface area contributed by atoms with E-state index in [0.29, 0.717) is 5.75 Å². The number of benzene rings is 2. The monoisotopic (exact) mass is 320 g/mol. The topological polar surface area (TPSA) is 98.5 Å². The number of carbonyl (C=O) groups is 1. The number of nitrogens with one attached hydrogen (secondary N) is 1. The van der Waals surface area contributed by atoms with E-state index in [-0.39, 0.29) is 18.0 Å². The van der Waals surface area contributed by atoms with Crippen LogP contribution >= 0.6 is 0 Å². The van der Waals surface area contributed by atoms with Crippen molar-refractivity contribution in [2.24, 2.45) is 5.73 Å². The third kappa shape index (κ3) is 4.57. The Hall–Kier alpha value is -2.38. The molecule has 0 saturated heterocycles. The van der Waals surface area contributed by atoms with Crippen LogP contribution in [0.1, 0.15) is 5.56 Å². The van der Waals surface area contributed by atoms with Crippen LogP contribution in [-0.4, -0.2) is 20.9 Å². The molecule has 22 heavy (non-hydrogen) atoms. The average molecular weight is 320 g/mol. The van der Waals surface area contributed by atoms with Crippen molar-refractivity contribution in [1.82, 2.24) is 4.72 Å². The summed E-state index contributed by atoms with van der Waals surface area (Å²) in [5.41, 5.74) is 5.83. The van der Waals surface area contributed by atoms with Crippen LogP contribution in [0.2, 0.25) is 0 Å². The first-order valence-electron chi connectivity index (χ1n) is 6.52. The average Bonchev–Trinajstić information content (AvgIpc) is 2.52. The van der Waals surface area contributed by atoms with Crippen molar-refractivity contribution in [2.75, 3.05) is 6.61 Å². The molecule has 0 bridgehead atoms. The van der Waals surface area contributed by atoms with Gasteiger partial charge in [-0.1, -0.05) is 30.3 Å². The molecule has 6 nitrogen and oxygen atoms in total. The zero-order chi connectivity index (χ0) is 16.0. The Morgan fingerprint density at radius 2 is 1.68 bits per heavy atom. The molecular formula is C15H16N2O4S. The number of ether oxygens (including phenoxy) is 1. The van der Waals surface area contributed by atoms with Gasteiger partial charge in [0, 0.05) is 6.54 Å². The van der Waals surface area contributed by atoms with E-state index in [4.69, 9.17) is 10.5 Å². The summed E-state index contributed by atoms with van der Waals surface area (Å²) in [6.45, 7) is -0.0402. The summed E-state index contributed by atoms with van der Waals surface area (Å²) in [7, 11) is -3.60. The van der Waals surface area contributed by atoms with Crippen LogP contribution in [0, 0.1) is 0 Å². The Balaban J connectivity index is 2.01. The third-order valence-electron chi connectivity index (χ3n) is 2.82. The molecular weight excluding hydrogens is 304 g/mol. The van der Waals surface area contributed by atoms with Crippen molar-refractivity contribution in [3.8, 4) is 5.75 Å². The van der Waals surface area contributed by atoms with E-state index < -0.39 is 15.9 Å². The lowest BCUT2D eigenvalue weighted by Crippen LogP contribution is -2.23. The Morgan fingerprint density at radius 1 is 1.05 bits per heavy atom. The first-order chi connectivity index (χ1) is 10.5. The first-order valence-corrected chi connectivity index (χ1v) is 8.00. The predicted molar refractivity (Wildman–Crippen MR) is 81.6 cm³/mol. The maximum absolute atomic E-state index is 12.2. The molecule has 0 aliphatic carbocycles. The van der Waals surface area contributed by atoms with Crippen LogP contribution < -0.4 is 15.2 Å². The van der Waals surface area contributed by atoms with Crippen molar-refractivity contribution in [1.29, 1.82) is 0 Å². The molecule has 0 fully saturated rings. The number of sulfonamides is 1. The van der Waals surface area contributed by atoms with E-state index >= 15 is 0 Å². The molecule has 0 saturated carbocycles. The van der Waals surface area contributed by atoms with Crippen molar-refractivity contribution < 1.29 is 17.9 Å². The molecule has 2 aromatic carbocycles. The van der Waals surface area contributed by atoms with Gasteiger partial charge in [0.15, 0.2) is 6.61 Å². The fourth-order valence-corrected chi connectivity index (χ4v) is 2.74. The number of nitrogens with two attached hydrogens (primary N) is 1. The SMILES string of the molecule is NC(=O)COc1ccc(S(=O)(=O)NCc2ccccc2)cc1. The summed E-state index contributed by atoms with van der Waals surface area (Å²) in [6.07, 6.45) is 0. The Bertz CT molecular complexity index is 728. The van der Waals surface area contributed by atoms with E-state index in [1.807, 2.05) is 30.3 Å². The molecule has 116 valence electrons. The second-order valence-electron chi connectivity index (χ2n) is 4.54. The van der Waals surface area contributed by atoms with E-state index in [9.17, 15) is 13.2 Å². The highest BCUT2D eigenvalue weighted by Crippen LogP contribution is 2.16. The van der Waals surface area contributed by atoms with Crippen LogP contribution in [0.4, 0.5) is 0 Å². The van der Waals surface area contributed by atoms with Crippen molar-refractivity contribution >= 4 is 15.9 Å². The van der Waals surface area contributed by atoms with E-state index in [0.717, 1.165) is 5.56 Å². The minimum Gasteiger partial charge on any atom is -0.484 e. The Labute approximate surface area is 129 Å². The van der Waals surface area contributed by atoms with Crippen molar-refractivity contribution in [3.63, 3.8) is 0 Å². The van der Waals surface area contributed by atoms with Crippen LogP contribution in [0.15, 0.2) is 59.5 Å². The molecule has 3 N–H and O–H groups in total. The quantitative estimate of drug-likeness (QED) is 0.796. The van der Waals surface area contributed by atoms with Crippen molar-refractivity contribution in [3.05, 3.63) is 60.2 Å². The second kappa shape index (κ2) is 7.06. The highest BCUT2D eigenvalue weighted by atomic mass is 32.2. The minimum atomic E-state index is -3.60. The van der Waals surface area contributed by atoms with Crippen LogP contribution in [-0.2, 0) is 21.4 Å². The zero-order valence-corrected chi connectivity index (χ0v) is 12.5. The fourth-order valence-electron chi connectivity index (χ4n) is 1.73. The van der Waals surface area contributed by atoms with Crippen LogP contribution in [0.3, 0.4) is 0 Å². The molecule has 1 amide bonds. The van der Waals surface area contributed by atoms with Gasteiger partial charge in [0.25, 0.3) is 5.91 Å². The Morgan fingerprint density at radius 3 is 2.27 bits per heavy atom. The molecule has 0 unspecified atom stereocenters. The molecule has 0 heterocycles. The van der Waals surface area contributed by atoms with E-state index in [1.54, 1.807) is 0 Å². The molecule has 2 rings (SSSR count). The molecule has 0 atom stereocenters. The predicted octanol–water partition coefficient (Wildman–Crippen LogP) is 1.03. The summed E-state index contributed by atoms with van der Waals surface area (Å²) in [6, 6.07) is 15.0. The van der Waals surface area contributed by atoms with Gasteiger partial charge in [-0.15, -0.1) is 0 Å². The number of hydrogen-bond donors (Lipinski definition) is 2. The maximum Gasteiger partial charge on any atom is 0.255 e. The lowest BCUT2D eigenvalue weighted by molar-refractivity contribution is -0.119. The van der Waals surface area contributed by atoms with Crippen molar-refractivity contribution in [2.45, 2.75) is 11.4 Å². The molecule has 0 radical (unpaired) electrons. The molecule has 2 aromatic rings. The summed E-state index contributed by atoms with van der Waals surface area (Å²) < 4.78 is 31.9. The summed E-state index contributed by atoms with van der Waals surface area (Å²) in [5, 5.41) is 0. The summed E-state index contributed by atoms with van der Waals surface area (Å²) in [4.78, 5) is 10.7. The van der Waals surface area contributed by atoms with Gasteiger partial charge in [-0.05, 0) is 29.8 Å². The van der Waals surface area contributed by atoms with Gasteiger partial charge in [-0.25, -0.2) is 13.1 Å². The van der Waals surface area contributed by atoms with Gasteiger partial charge in [-0.2, -0.15) is 0 Å². The lowest BCUT2D eigenvalue weighted by atomic mass is 10.2. The molecule has 0 aliphatic heterocycles. The van der Waals surface area contributed by atoms with Crippen LogP contribution in [0.25, 0.3) is 0 Å². The number of carbonyl (C=O) groups excluding carboxylic acids is 1. The normalized spacial score (nSPS) is 11.1. The zero-order valence-electron chi connectivity index (χ0n) is 11.7. The first kappa shape index (κ1) is 16.0. The van der Waals surface area contributed by atoms with Gasteiger partial charge in [-0.3, -0.25) is 4.79 Å². The minimum absolute atomic E-state index is 0.120. The molecule has 0 aromatic heterocycles. The van der Waals surface area contributed by atoms with Gasteiger partial charge in [0.2, 0.25) is 10.0 Å². The summed E-state index contributed by atoms with van der Waals surface area (Å²) in [5.74, 6) is -0.220. The third-order valence-corrected chi connectivity index (χ3v) is 4.24. The van der Waals surface area contributed by atoms with E-state index in [2.05, 4.69) is 4.72 Å². The Kier molecular flexibility index (Phi) is 5.13. The van der Waals surface area contributed by atoms with E-state index in [1.165, 1.54) is 24.3 Å². The molecule has 0 spiro atoms. The van der Waals surface area contributed by atoms with Gasteiger partial charge in [0.05, 0.1) is 4.90 Å². The standard InChI is InChI=1S/C15H16N2O4S/c16-15(18)11-21-13-6-8-14(9-7-13)22(19,20)17-10-12-4-2-1-3-5-12/h1-9,17H,10-11H2,(H2,16,18). The second-order valence-corrected chi connectivity index (χ2v) is 6.30.